The van der Waals surface area contributed by atoms with Crippen LogP contribution in [0.15, 0.2) is 75.7 Å². The smallest absolute Gasteiger partial charge is 0.338 e. The van der Waals surface area contributed by atoms with Gasteiger partial charge in [0.2, 0.25) is 0 Å². The second kappa shape index (κ2) is 9.58. The zero-order valence-corrected chi connectivity index (χ0v) is 19.9. The molecule has 0 aliphatic carbocycles. The van der Waals surface area contributed by atoms with Crippen LogP contribution in [0.3, 0.4) is 0 Å². The Morgan fingerprint density at radius 3 is 2.48 bits per heavy atom. The minimum absolute atomic E-state index is 0.0451. The standard InChI is InChI=1S/C26H26N2O4S/c1-5-31-25(30)22-17(4)27-26-28(23(22)19-11-13-20(14-12-19)32-16(2)3)24(29)21(33-26)15-18-9-7-6-8-10-18/h6-16,23H,5H2,1-4H3/b21-15-/t23-/m0/s1. The molecule has 4 rings (SSSR count). The van der Waals surface area contributed by atoms with E-state index in [1.54, 1.807) is 18.4 Å². The number of fused-ring (bicyclic) bond motifs is 1. The highest BCUT2D eigenvalue weighted by Crippen LogP contribution is 2.31. The number of rotatable bonds is 6. The Labute approximate surface area is 196 Å². The number of hydrogen-bond donors (Lipinski definition) is 0. The number of carbonyl (C=O) groups is 1. The van der Waals surface area contributed by atoms with Crippen LogP contribution in [-0.2, 0) is 9.53 Å². The Morgan fingerprint density at radius 2 is 1.85 bits per heavy atom. The van der Waals surface area contributed by atoms with Crippen molar-refractivity contribution in [1.82, 2.24) is 4.57 Å². The van der Waals surface area contributed by atoms with Crippen LogP contribution in [0.5, 0.6) is 5.75 Å². The summed E-state index contributed by atoms with van der Waals surface area (Å²) >= 11 is 1.31. The third-order valence-corrected chi connectivity index (χ3v) is 6.16. The summed E-state index contributed by atoms with van der Waals surface area (Å²) in [4.78, 5) is 31.6. The van der Waals surface area contributed by atoms with Crippen LogP contribution in [0.25, 0.3) is 6.08 Å². The number of allylic oxidation sites excluding steroid dienone is 1. The number of benzene rings is 2. The van der Waals surface area contributed by atoms with Crippen molar-refractivity contribution in [3.8, 4) is 5.75 Å². The first-order valence-electron chi connectivity index (χ1n) is 10.9. The van der Waals surface area contributed by atoms with Gasteiger partial charge in [-0.25, -0.2) is 9.79 Å². The second-order valence-corrected chi connectivity index (χ2v) is 8.96. The van der Waals surface area contributed by atoms with Crippen molar-refractivity contribution in [2.45, 2.75) is 39.8 Å². The lowest BCUT2D eigenvalue weighted by atomic mass is 9.96. The lowest BCUT2D eigenvalue weighted by Crippen LogP contribution is -2.39. The third-order valence-electron chi connectivity index (χ3n) is 5.18. The van der Waals surface area contributed by atoms with Gasteiger partial charge in [0.15, 0.2) is 4.80 Å². The van der Waals surface area contributed by atoms with E-state index in [9.17, 15) is 9.59 Å². The van der Waals surface area contributed by atoms with E-state index < -0.39 is 12.0 Å². The van der Waals surface area contributed by atoms with Crippen LogP contribution in [0.2, 0.25) is 0 Å². The summed E-state index contributed by atoms with van der Waals surface area (Å²) in [6.07, 6.45) is 1.90. The number of thiazole rings is 1. The van der Waals surface area contributed by atoms with Crippen molar-refractivity contribution >= 4 is 23.4 Å². The molecule has 0 bridgehead atoms. The van der Waals surface area contributed by atoms with Gasteiger partial charge in [-0.1, -0.05) is 53.8 Å². The molecule has 0 saturated heterocycles. The van der Waals surface area contributed by atoms with Crippen LogP contribution in [0.1, 0.15) is 44.9 Å². The number of nitrogens with zero attached hydrogens (tertiary/aromatic N) is 2. The predicted molar refractivity (Wildman–Crippen MR) is 129 cm³/mol. The fourth-order valence-electron chi connectivity index (χ4n) is 3.81. The summed E-state index contributed by atoms with van der Waals surface area (Å²) in [6, 6.07) is 16.5. The minimum Gasteiger partial charge on any atom is -0.491 e. The predicted octanol–water partition coefficient (Wildman–Crippen LogP) is 3.59. The number of hydrogen-bond acceptors (Lipinski definition) is 6. The number of aromatic nitrogens is 1. The molecule has 0 radical (unpaired) electrons. The Morgan fingerprint density at radius 1 is 1.15 bits per heavy atom. The van der Waals surface area contributed by atoms with E-state index in [2.05, 4.69) is 4.99 Å². The maximum Gasteiger partial charge on any atom is 0.338 e. The van der Waals surface area contributed by atoms with Gasteiger partial charge in [0, 0.05) is 0 Å². The minimum atomic E-state index is -0.633. The molecule has 0 fully saturated rings. The summed E-state index contributed by atoms with van der Waals surface area (Å²) in [5, 5.41) is 0. The van der Waals surface area contributed by atoms with Crippen molar-refractivity contribution in [3.05, 3.63) is 96.7 Å². The van der Waals surface area contributed by atoms with Crippen LogP contribution in [-0.4, -0.2) is 23.2 Å². The first-order chi connectivity index (χ1) is 15.9. The maximum absolute atomic E-state index is 13.5. The Balaban J connectivity index is 1.90. The Kier molecular flexibility index (Phi) is 6.60. The molecule has 0 amide bonds. The topological polar surface area (TPSA) is 69.9 Å². The van der Waals surface area contributed by atoms with Crippen molar-refractivity contribution in [3.63, 3.8) is 0 Å². The molecule has 1 aliphatic heterocycles. The zero-order valence-electron chi connectivity index (χ0n) is 19.1. The van der Waals surface area contributed by atoms with Gasteiger partial charge >= 0.3 is 5.97 Å². The molecule has 0 unspecified atom stereocenters. The van der Waals surface area contributed by atoms with E-state index >= 15 is 0 Å². The van der Waals surface area contributed by atoms with Crippen molar-refractivity contribution < 1.29 is 14.3 Å². The first kappa shape index (κ1) is 22.7. The fraction of sp³-hybridized carbons (Fsp3) is 0.269. The van der Waals surface area contributed by atoms with Crippen LogP contribution >= 0.6 is 11.3 Å². The Hall–Kier alpha value is -3.45. The van der Waals surface area contributed by atoms with Gasteiger partial charge in [0.25, 0.3) is 5.56 Å². The summed E-state index contributed by atoms with van der Waals surface area (Å²) in [6.45, 7) is 7.70. The molecule has 7 heteroatoms. The number of esters is 1. The average molecular weight is 463 g/mol. The molecule has 6 nitrogen and oxygen atoms in total. The molecule has 0 saturated carbocycles. The van der Waals surface area contributed by atoms with E-state index in [1.165, 1.54) is 11.3 Å². The normalized spacial score (nSPS) is 15.9. The van der Waals surface area contributed by atoms with E-state index in [1.807, 2.05) is 74.5 Å². The molecule has 2 heterocycles. The van der Waals surface area contributed by atoms with Crippen LogP contribution < -0.4 is 19.6 Å². The van der Waals surface area contributed by atoms with Gasteiger partial charge in [-0.3, -0.25) is 9.36 Å². The zero-order chi connectivity index (χ0) is 23.5. The van der Waals surface area contributed by atoms with Crippen molar-refractivity contribution in [1.29, 1.82) is 0 Å². The third kappa shape index (κ3) is 4.68. The molecule has 1 aliphatic rings. The van der Waals surface area contributed by atoms with Crippen LogP contribution in [0, 0.1) is 0 Å². The van der Waals surface area contributed by atoms with Crippen molar-refractivity contribution in [2.75, 3.05) is 6.61 Å². The molecular weight excluding hydrogens is 436 g/mol. The first-order valence-corrected chi connectivity index (χ1v) is 11.7. The van der Waals surface area contributed by atoms with Gasteiger partial charge < -0.3 is 9.47 Å². The maximum atomic E-state index is 13.5. The molecule has 33 heavy (non-hydrogen) atoms. The number of carbonyl (C=O) groups excluding carboxylic acids is 1. The lowest BCUT2D eigenvalue weighted by molar-refractivity contribution is -0.139. The van der Waals surface area contributed by atoms with Gasteiger partial charge in [-0.05, 0) is 57.0 Å². The molecule has 170 valence electrons. The number of ether oxygens (including phenoxy) is 2. The van der Waals surface area contributed by atoms with Crippen LogP contribution in [0.4, 0.5) is 0 Å². The van der Waals surface area contributed by atoms with E-state index in [4.69, 9.17) is 9.47 Å². The Bertz CT molecular complexity index is 1370. The van der Waals surface area contributed by atoms with Gasteiger partial charge in [0.05, 0.1) is 34.6 Å². The highest BCUT2D eigenvalue weighted by Gasteiger charge is 2.33. The highest BCUT2D eigenvalue weighted by molar-refractivity contribution is 7.07. The molecule has 2 aromatic carbocycles. The summed E-state index contributed by atoms with van der Waals surface area (Å²) in [5.74, 6) is 0.257. The molecule has 1 aromatic heterocycles. The molecular formula is C26H26N2O4S. The highest BCUT2D eigenvalue weighted by atomic mass is 32.1. The summed E-state index contributed by atoms with van der Waals surface area (Å²) in [5.41, 5.74) is 2.44. The SMILES string of the molecule is CCOC(=O)C1=C(C)N=c2s/c(=C\c3ccccc3)c(=O)n2[C@H]1c1ccc(OC(C)C)cc1. The van der Waals surface area contributed by atoms with Gasteiger partial charge in [-0.15, -0.1) is 0 Å². The molecule has 0 N–H and O–H groups in total. The van der Waals surface area contributed by atoms with Gasteiger partial charge in [0.1, 0.15) is 5.75 Å². The molecule has 0 spiro atoms. The fourth-order valence-corrected chi connectivity index (χ4v) is 4.86. The van der Waals surface area contributed by atoms with E-state index in [-0.39, 0.29) is 18.3 Å². The lowest BCUT2D eigenvalue weighted by Gasteiger charge is -2.25. The second-order valence-electron chi connectivity index (χ2n) is 7.95. The van der Waals surface area contributed by atoms with E-state index in [0.717, 1.165) is 16.9 Å². The summed E-state index contributed by atoms with van der Waals surface area (Å²) in [7, 11) is 0. The average Bonchev–Trinajstić information content (AvgIpc) is 3.08. The quantitative estimate of drug-likeness (QED) is 0.525. The van der Waals surface area contributed by atoms with E-state index in [0.29, 0.717) is 20.6 Å². The van der Waals surface area contributed by atoms with Crippen molar-refractivity contribution in [2.24, 2.45) is 4.99 Å². The van der Waals surface area contributed by atoms with Gasteiger partial charge in [-0.2, -0.15) is 0 Å². The molecule has 1 atom stereocenters. The molecule has 3 aromatic rings. The monoisotopic (exact) mass is 462 g/mol. The summed E-state index contributed by atoms with van der Waals surface area (Å²) < 4.78 is 13.2. The largest absolute Gasteiger partial charge is 0.491 e.